The molecule has 0 aliphatic heterocycles. The molecule has 0 saturated heterocycles. The van der Waals surface area contributed by atoms with E-state index in [9.17, 15) is 0 Å². The minimum atomic E-state index is 0.558. The molecular weight excluding hydrogens is 186 g/mol. The van der Waals surface area contributed by atoms with Crippen molar-refractivity contribution in [2.45, 2.75) is 39.2 Å². The minimum Gasteiger partial charge on any atom is -0.380 e. The van der Waals surface area contributed by atoms with Crippen LogP contribution in [0.25, 0.3) is 0 Å². The van der Waals surface area contributed by atoms with Crippen molar-refractivity contribution < 1.29 is 4.74 Å². The molecule has 1 N–H and O–H groups in total. The van der Waals surface area contributed by atoms with Gasteiger partial charge in [0.25, 0.3) is 0 Å². The SMILES string of the molecule is CCCOCCNC(CC)CCCl. The normalized spacial score (nSPS) is 13.2. The van der Waals surface area contributed by atoms with Crippen LogP contribution in [0.4, 0.5) is 0 Å². The molecule has 0 heterocycles. The van der Waals surface area contributed by atoms with Gasteiger partial charge < -0.3 is 10.1 Å². The van der Waals surface area contributed by atoms with Crippen LogP contribution >= 0.6 is 11.6 Å². The number of nitrogens with one attached hydrogen (secondary N) is 1. The number of halogens is 1. The van der Waals surface area contributed by atoms with E-state index >= 15 is 0 Å². The van der Waals surface area contributed by atoms with Crippen LogP contribution < -0.4 is 5.32 Å². The molecule has 0 aromatic heterocycles. The lowest BCUT2D eigenvalue weighted by Crippen LogP contribution is -2.31. The van der Waals surface area contributed by atoms with Gasteiger partial charge in [0, 0.05) is 25.1 Å². The van der Waals surface area contributed by atoms with E-state index in [0.717, 1.165) is 44.9 Å². The van der Waals surface area contributed by atoms with Crippen molar-refractivity contribution in [2.24, 2.45) is 0 Å². The molecule has 0 radical (unpaired) electrons. The maximum atomic E-state index is 5.67. The predicted octanol–water partition coefficient (Wildman–Crippen LogP) is 2.41. The fraction of sp³-hybridized carbons (Fsp3) is 1.00. The van der Waals surface area contributed by atoms with Gasteiger partial charge in [0.1, 0.15) is 0 Å². The lowest BCUT2D eigenvalue weighted by molar-refractivity contribution is 0.134. The molecule has 0 fully saturated rings. The van der Waals surface area contributed by atoms with Crippen LogP contribution in [0.3, 0.4) is 0 Å². The summed E-state index contributed by atoms with van der Waals surface area (Å²) in [6.07, 6.45) is 3.28. The van der Waals surface area contributed by atoms with E-state index in [4.69, 9.17) is 16.3 Å². The van der Waals surface area contributed by atoms with E-state index in [-0.39, 0.29) is 0 Å². The summed E-state index contributed by atoms with van der Waals surface area (Å²) in [4.78, 5) is 0. The van der Waals surface area contributed by atoms with Crippen molar-refractivity contribution in [2.75, 3.05) is 25.6 Å². The van der Waals surface area contributed by atoms with E-state index in [1.54, 1.807) is 0 Å². The second kappa shape index (κ2) is 10.3. The molecule has 80 valence electrons. The van der Waals surface area contributed by atoms with Crippen molar-refractivity contribution in [3.05, 3.63) is 0 Å². The van der Waals surface area contributed by atoms with Crippen molar-refractivity contribution in [1.29, 1.82) is 0 Å². The highest BCUT2D eigenvalue weighted by Crippen LogP contribution is 1.98. The zero-order chi connectivity index (χ0) is 9.94. The van der Waals surface area contributed by atoms with Crippen molar-refractivity contribution in [3.63, 3.8) is 0 Å². The third-order valence-electron chi connectivity index (χ3n) is 1.98. The van der Waals surface area contributed by atoms with Gasteiger partial charge in [-0.05, 0) is 19.3 Å². The van der Waals surface area contributed by atoms with Crippen LogP contribution in [0.5, 0.6) is 0 Å². The van der Waals surface area contributed by atoms with Gasteiger partial charge >= 0.3 is 0 Å². The molecule has 13 heavy (non-hydrogen) atoms. The molecule has 0 amide bonds. The summed E-state index contributed by atoms with van der Waals surface area (Å²) in [7, 11) is 0. The van der Waals surface area contributed by atoms with Gasteiger partial charge in [0.2, 0.25) is 0 Å². The Kier molecular flexibility index (Phi) is 10.5. The molecule has 0 rings (SSSR count). The first kappa shape index (κ1) is 13.2. The molecule has 1 atom stereocenters. The Hall–Kier alpha value is 0.210. The van der Waals surface area contributed by atoms with Gasteiger partial charge in [-0.15, -0.1) is 11.6 Å². The van der Waals surface area contributed by atoms with E-state index in [0.29, 0.717) is 6.04 Å². The highest BCUT2D eigenvalue weighted by atomic mass is 35.5. The number of hydrogen-bond acceptors (Lipinski definition) is 2. The predicted molar refractivity (Wildman–Crippen MR) is 58.5 cm³/mol. The van der Waals surface area contributed by atoms with E-state index in [1.807, 2.05) is 0 Å². The zero-order valence-electron chi connectivity index (χ0n) is 8.81. The first-order valence-corrected chi connectivity index (χ1v) is 5.75. The van der Waals surface area contributed by atoms with Crippen molar-refractivity contribution in [1.82, 2.24) is 5.32 Å². The Labute approximate surface area is 87.0 Å². The Balaban J connectivity index is 3.17. The fourth-order valence-corrected chi connectivity index (χ4v) is 1.43. The Morgan fingerprint density at radius 2 is 2.08 bits per heavy atom. The van der Waals surface area contributed by atoms with Crippen LogP contribution in [0.1, 0.15) is 33.1 Å². The van der Waals surface area contributed by atoms with Gasteiger partial charge in [-0.3, -0.25) is 0 Å². The average molecular weight is 208 g/mol. The molecule has 0 aliphatic carbocycles. The van der Waals surface area contributed by atoms with Gasteiger partial charge in [-0.2, -0.15) is 0 Å². The van der Waals surface area contributed by atoms with E-state index in [1.165, 1.54) is 0 Å². The first-order valence-electron chi connectivity index (χ1n) is 5.22. The topological polar surface area (TPSA) is 21.3 Å². The summed E-state index contributed by atoms with van der Waals surface area (Å²) >= 11 is 5.67. The summed E-state index contributed by atoms with van der Waals surface area (Å²) in [5.41, 5.74) is 0. The van der Waals surface area contributed by atoms with Crippen LogP contribution in [-0.4, -0.2) is 31.7 Å². The van der Waals surface area contributed by atoms with Gasteiger partial charge in [-0.25, -0.2) is 0 Å². The van der Waals surface area contributed by atoms with E-state index in [2.05, 4.69) is 19.2 Å². The number of rotatable bonds is 9. The largest absolute Gasteiger partial charge is 0.380 e. The number of ether oxygens (including phenoxy) is 1. The third-order valence-corrected chi connectivity index (χ3v) is 2.20. The molecule has 1 unspecified atom stereocenters. The standard InChI is InChI=1S/C10H22ClNO/c1-3-8-13-9-7-12-10(4-2)5-6-11/h10,12H,3-9H2,1-2H3. The average Bonchev–Trinajstić information content (AvgIpc) is 2.16. The molecule has 0 saturated carbocycles. The molecule has 0 aromatic rings. The Bertz CT molecular complexity index is 101. The number of alkyl halides is 1. The van der Waals surface area contributed by atoms with Gasteiger partial charge in [0.05, 0.1) is 6.61 Å². The minimum absolute atomic E-state index is 0.558. The van der Waals surface area contributed by atoms with E-state index < -0.39 is 0 Å². The van der Waals surface area contributed by atoms with Crippen molar-refractivity contribution >= 4 is 11.6 Å². The second-order valence-corrected chi connectivity index (χ2v) is 3.53. The van der Waals surface area contributed by atoms with Crippen LogP contribution in [-0.2, 0) is 4.74 Å². The van der Waals surface area contributed by atoms with Crippen LogP contribution in [0, 0.1) is 0 Å². The maximum Gasteiger partial charge on any atom is 0.0590 e. The number of hydrogen-bond donors (Lipinski definition) is 1. The Morgan fingerprint density at radius 1 is 1.31 bits per heavy atom. The summed E-state index contributed by atoms with van der Waals surface area (Å²) in [5, 5.41) is 3.42. The molecule has 0 aromatic carbocycles. The van der Waals surface area contributed by atoms with Crippen LogP contribution in [0.15, 0.2) is 0 Å². The van der Waals surface area contributed by atoms with Crippen LogP contribution in [0.2, 0.25) is 0 Å². The molecule has 0 aliphatic rings. The Morgan fingerprint density at radius 3 is 2.62 bits per heavy atom. The van der Waals surface area contributed by atoms with Crippen molar-refractivity contribution in [3.8, 4) is 0 Å². The first-order chi connectivity index (χ1) is 6.35. The van der Waals surface area contributed by atoms with Gasteiger partial charge in [-0.1, -0.05) is 13.8 Å². The summed E-state index contributed by atoms with van der Waals surface area (Å²) < 4.78 is 5.36. The maximum absolute atomic E-state index is 5.67. The third kappa shape index (κ3) is 8.54. The molecule has 0 bridgehead atoms. The summed E-state index contributed by atoms with van der Waals surface area (Å²) in [6.45, 7) is 6.92. The highest BCUT2D eigenvalue weighted by Gasteiger charge is 2.02. The molecular formula is C10H22ClNO. The smallest absolute Gasteiger partial charge is 0.0590 e. The monoisotopic (exact) mass is 207 g/mol. The quantitative estimate of drug-likeness (QED) is 0.463. The second-order valence-electron chi connectivity index (χ2n) is 3.15. The summed E-state index contributed by atoms with van der Waals surface area (Å²) in [6, 6.07) is 0.558. The summed E-state index contributed by atoms with van der Waals surface area (Å²) in [5.74, 6) is 0.737. The zero-order valence-corrected chi connectivity index (χ0v) is 9.57. The molecule has 3 heteroatoms. The lowest BCUT2D eigenvalue weighted by atomic mass is 10.2. The fourth-order valence-electron chi connectivity index (χ4n) is 1.16. The lowest BCUT2D eigenvalue weighted by Gasteiger charge is -2.15. The van der Waals surface area contributed by atoms with Gasteiger partial charge in [0.15, 0.2) is 0 Å². The molecule has 2 nitrogen and oxygen atoms in total. The highest BCUT2D eigenvalue weighted by molar-refractivity contribution is 6.17. The molecule has 0 spiro atoms.